The summed E-state index contributed by atoms with van der Waals surface area (Å²) in [6.07, 6.45) is -1.52. The molecule has 11 nitrogen and oxygen atoms in total. The number of nitrogens with zero attached hydrogens (tertiary/aromatic N) is 2. The molecule has 0 aliphatic heterocycles. The minimum absolute atomic E-state index is 0.342. The fraction of sp³-hybridized carbons (Fsp3) is 0. The zero-order valence-electron chi connectivity index (χ0n) is 11.7. The first-order chi connectivity index (χ1) is 11.5. The number of benzene rings is 2. The van der Waals surface area contributed by atoms with Crippen molar-refractivity contribution in [3.63, 3.8) is 0 Å². The fourth-order valence-corrected chi connectivity index (χ4v) is 1.53. The Morgan fingerprint density at radius 2 is 1.12 bits per heavy atom. The van der Waals surface area contributed by atoms with Crippen molar-refractivity contribution in [2.24, 2.45) is 0 Å². The highest BCUT2D eigenvalue weighted by Gasteiger charge is 2.20. The topological polar surface area (TPSA) is 140 Å². The third kappa shape index (κ3) is 4.07. The van der Waals surface area contributed by atoms with E-state index < -0.39 is 27.4 Å². The van der Waals surface area contributed by atoms with Crippen molar-refractivity contribution in [3.05, 3.63) is 68.8 Å². The predicted octanol–water partition coefficient (Wildman–Crippen LogP) is 2.94. The van der Waals surface area contributed by atoms with Gasteiger partial charge < -0.3 is 0 Å². The summed E-state index contributed by atoms with van der Waals surface area (Å²) in [4.78, 5) is 48.7. The maximum absolute atomic E-state index is 11.3. The number of hydrogen-bond donors (Lipinski definition) is 0. The van der Waals surface area contributed by atoms with Gasteiger partial charge in [0.2, 0.25) is 0 Å². The molecule has 0 atom stereocenters. The van der Waals surface area contributed by atoms with E-state index in [1.54, 1.807) is 0 Å². The van der Waals surface area contributed by atoms with Gasteiger partial charge in [0, 0.05) is 12.1 Å². The highest BCUT2D eigenvalue weighted by atomic mass is 17.3. The molecule has 124 valence electrons. The normalized spacial score (nSPS) is 9.67. The van der Waals surface area contributed by atoms with Crippen LogP contribution in [0.4, 0.5) is 16.2 Å². The van der Waals surface area contributed by atoms with Gasteiger partial charge in [0.1, 0.15) is 0 Å². The standard InChI is InChI=1S/C13H8N2O9/c16-13(23-21-11-7-3-1-5-9(11)14(17)18)24-22-12-8-4-2-6-10(12)15(19)20/h1-8H. The van der Waals surface area contributed by atoms with Crippen molar-refractivity contribution in [2.45, 2.75) is 0 Å². The molecule has 0 radical (unpaired) electrons. The Balaban J connectivity index is 1.93. The Morgan fingerprint density at radius 1 is 0.750 bits per heavy atom. The molecule has 24 heavy (non-hydrogen) atoms. The van der Waals surface area contributed by atoms with Crippen LogP contribution in [-0.2, 0) is 9.78 Å². The van der Waals surface area contributed by atoms with Gasteiger partial charge >= 0.3 is 17.5 Å². The Hall–Kier alpha value is -3.89. The van der Waals surface area contributed by atoms with Crippen LogP contribution < -0.4 is 9.78 Å². The minimum atomic E-state index is -1.52. The van der Waals surface area contributed by atoms with E-state index in [0.29, 0.717) is 0 Å². The summed E-state index contributed by atoms with van der Waals surface area (Å²) in [6, 6.07) is 10.3. The zero-order chi connectivity index (χ0) is 17.5. The highest BCUT2D eigenvalue weighted by molar-refractivity contribution is 5.59. The van der Waals surface area contributed by atoms with Crippen LogP contribution in [0.2, 0.25) is 0 Å². The van der Waals surface area contributed by atoms with E-state index in [1.807, 2.05) is 0 Å². The quantitative estimate of drug-likeness (QED) is 0.442. The SMILES string of the molecule is O=C(OOc1ccccc1[N+](=O)[O-])OOc1ccccc1[N+](=O)[O-]. The van der Waals surface area contributed by atoms with Gasteiger partial charge in [0.05, 0.1) is 9.85 Å². The molecule has 0 aliphatic rings. The maximum atomic E-state index is 11.3. The Labute approximate surface area is 133 Å². The van der Waals surface area contributed by atoms with Crippen LogP contribution in [0.25, 0.3) is 0 Å². The summed E-state index contributed by atoms with van der Waals surface area (Å²) in [5.74, 6) is -0.685. The molecular formula is C13H8N2O9. The van der Waals surface area contributed by atoms with Gasteiger partial charge in [0.25, 0.3) is 11.5 Å². The first-order valence-corrected chi connectivity index (χ1v) is 6.19. The third-order valence-electron chi connectivity index (χ3n) is 2.52. The van der Waals surface area contributed by atoms with Crippen LogP contribution in [0.15, 0.2) is 48.5 Å². The average molecular weight is 336 g/mol. The molecule has 0 heterocycles. The first kappa shape index (κ1) is 16.5. The lowest BCUT2D eigenvalue weighted by Crippen LogP contribution is -2.13. The molecule has 0 saturated heterocycles. The fourth-order valence-electron chi connectivity index (χ4n) is 1.53. The molecular weight excluding hydrogens is 328 g/mol. The second-order valence-corrected chi connectivity index (χ2v) is 4.03. The molecule has 0 aromatic heterocycles. The monoisotopic (exact) mass is 336 g/mol. The van der Waals surface area contributed by atoms with Gasteiger partial charge in [-0.1, -0.05) is 24.3 Å². The van der Waals surface area contributed by atoms with Crippen molar-refractivity contribution in [1.29, 1.82) is 0 Å². The minimum Gasteiger partial charge on any atom is -0.276 e. The largest absolute Gasteiger partial charge is 0.591 e. The maximum Gasteiger partial charge on any atom is 0.591 e. The molecule has 0 saturated carbocycles. The summed E-state index contributed by atoms with van der Waals surface area (Å²) in [5, 5.41) is 21.5. The molecule has 0 unspecified atom stereocenters. The molecule has 0 fully saturated rings. The molecule has 0 N–H and O–H groups in total. The summed E-state index contributed by atoms with van der Waals surface area (Å²) < 4.78 is 0. The number of nitro groups is 2. The van der Waals surface area contributed by atoms with Crippen molar-refractivity contribution in [1.82, 2.24) is 0 Å². The lowest BCUT2D eigenvalue weighted by atomic mass is 10.3. The van der Waals surface area contributed by atoms with Crippen molar-refractivity contribution in [3.8, 4) is 11.5 Å². The summed E-state index contributed by atoms with van der Waals surface area (Å²) in [5.41, 5.74) is -0.880. The van der Waals surface area contributed by atoms with Crippen molar-refractivity contribution >= 4 is 17.5 Å². The number of para-hydroxylation sites is 4. The molecule has 2 rings (SSSR count). The molecule has 2 aromatic carbocycles. The number of nitro benzene ring substituents is 2. The zero-order valence-corrected chi connectivity index (χ0v) is 11.7. The smallest absolute Gasteiger partial charge is 0.276 e. The van der Waals surface area contributed by atoms with Crippen LogP contribution in [-0.4, -0.2) is 16.0 Å². The van der Waals surface area contributed by atoms with E-state index >= 15 is 0 Å². The second-order valence-electron chi connectivity index (χ2n) is 4.03. The van der Waals surface area contributed by atoms with Crippen LogP contribution in [0, 0.1) is 20.2 Å². The third-order valence-corrected chi connectivity index (χ3v) is 2.52. The summed E-state index contributed by atoms with van der Waals surface area (Å²) in [7, 11) is 0. The van der Waals surface area contributed by atoms with Crippen LogP contribution in [0.1, 0.15) is 0 Å². The van der Waals surface area contributed by atoms with E-state index in [4.69, 9.17) is 0 Å². The summed E-state index contributed by atoms with van der Waals surface area (Å²) in [6.45, 7) is 0. The molecule has 0 bridgehead atoms. The van der Waals surface area contributed by atoms with Gasteiger partial charge in [-0.2, -0.15) is 4.79 Å². The van der Waals surface area contributed by atoms with Gasteiger partial charge in [-0.15, -0.1) is 0 Å². The predicted molar refractivity (Wildman–Crippen MR) is 75.0 cm³/mol. The summed E-state index contributed by atoms with van der Waals surface area (Å²) >= 11 is 0. The number of hydrogen-bond acceptors (Lipinski definition) is 9. The molecule has 0 aliphatic carbocycles. The van der Waals surface area contributed by atoms with E-state index in [9.17, 15) is 25.0 Å². The van der Waals surface area contributed by atoms with Gasteiger partial charge in [-0.25, -0.2) is 9.78 Å². The second kappa shape index (κ2) is 7.40. The molecule has 11 heteroatoms. The Morgan fingerprint density at radius 3 is 1.50 bits per heavy atom. The van der Waals surface area contributed by atoms with Crippen LogP contribution >= 0.6 is 0 Å². The van der Waals surface area contributed by atoms with Crippen molar-refractivity contribution < 1.29 is 34.2 Å². The van der Waals surface area contributed by atoms with Crippen LogP contribution in [0.3, 0.4) is 0 Å². The van der Waals surface area contributed by atoms with Crippen molar-refractivity contribution in [2.75, 3.05) is 0 Å². The highest BCUT2D eigenvalue weighted by Crippen LogP contribution is 2.27. The first-order valence-electron chi connectivity index (χ1n) is 6.19. The van der Waals surface area contributed by atoms with Gasteiger partial charge in [-0.05, 0) is 12.1 Å². The van der Waals surface area contributed by atoms with E-state index in [1.165, 1.54) is 36.4 Å². The Bertz CT molecular complexity index is 714. The Kier molecular flexibility index (Phi) is 5.08. The van der Waals surface area contributed by atoms with E-state index in [2.05, 4.69) is 19.6 Å². The van der Waals surface area contributed by atoms with E-state index in [-0.39, 0.29) is 11.5 Å². The molecule has 2 aromatic rings. The lowest BCUT2D eigenvalue weighted by molar-refractivity contribution is -0.389. The molecule has 0 spiro atoms. The lowest BCUT2D eigenvalue weighted by Gasteiger charge is -2.05. The number of rotatable bonds is 6. The van der Waals surface area contributed by atoms with Gasteiger partial charge in [0.15, 0.2) is 0 Å². The van der Waals surface area contributed by atoms with E-state index in [0.717, 1.165) is 12.1 Å². The number of carbonyl (C=O) groups excluding carboxylic acids is 1. The molecule has 0 amide bonds. The number of carbonyl (C=O) groups is 1. The van der Waals surface area contributed by atoms with Crippen LogP contribution in [0.5, 0.6) is 11.5 Å². The van der Waals surface area contributed by atoms with Gasteiger partial charge in [-0.3, -0.25) is 30.0 Å². The average Bonchev–Trinajstić information content (AvgIpc) is 2.58.